The fraction of sp³-hybridized carbons (Fsp3) is 0.472. The Kier molecular flexibility index (Phi) is 8.07. The summed E-state index contributed by atoms with van der Waals surface area (Å²) < 4.78 is 17.2. The number of nitrogens with zero attached hydrogens (tertiary/aromatic N) is 2. The lowest BCUT2D eigenvalue weighted by molar-refractivity contribution is -0.126. The van der Waals surface area contributed by atoms with Gasteiger partial charge in [-0.25, -0.2) is 0 Å². The SMILES string of the molecule is COc1ccc(CO[C@H]2CC[C@H]3CN4CC[C@@]5(C(=O)N(Cc6ccc(OC)cc6Cl)c6ccccc65)[C@@H]4C[C@@H]3[C@H]2C)c(Cl)c1. The average molecular weight is 636 g/mol. The Balaban J connectivity index is 1.12. The highest BCUT2D eigenvalue weighted by atomic mass is 35.5. The first-order valence-corrected chi connectivity index (χ1v) is 16.5. The summed E-state index contributed by atoms with van der Waals surface area (Å²) in [5.74, 6) is 3.19. The Bertz CT molecular complexity index is 1560. The van der Waals surface area contributed by atoms with Gasteiger partial charge in [0.1, 0.15) is 11.5 Å². The molecular formula is C36H40Cl2N2O4. The maximum Gasteiger partial charge on any atom is 0.239 e. The molecule has 3 fully saturated rings. The van der Waals surface area contributed by atoms with Crippen LogP contribution in [0.15, 0.2) is 60.7 Å². The number of halogens is 2. The number of hydrogen-bond donors (Lipinski definition) is 0. The predicted octanol–water partition coefficient (Wildman–Crippen LogP) is 7.52. The summed E-state index contributed by atoms with van der Waals surface area (Å²) in [4.78, 5) is 19.3. The number of anilines is 1. The number of methoxy groups -OCH3 is 2. The standard InChI is InChI=1S/C36H40Cl2N2O4/c1-22-28-18-34-36(29-6-4-5-7-32(29)40(35(36)41)20-24-8-11-26(42-2)16-30(24)37)14-15-39(34)19-23(28)10-13-33(22)44-21-25-9-12-27(43-3)17-31(25)38/h4-9,11-12,16-17,22-23,28,33-34H,10,13-15,18-21H2,1-3H3/t22-,23+,28-,33+,34+,36+/m1/s1. The number of amides is 1. The van der Waals surface area contributed by atoms with Crippen molar-refractivity contribution >= 4 is 34.8 Å². The molecule has 3 heterocycles. The molecule has 2 saturated heterocycles. The van der Waals surface area contributed by atoms with Crippen LogP contribution in [-0.2, 0) is 28.1 Å². The van der Waals surface area contributed by atoms with Crippen molar-refractivity contribution in [3.8, 4) is 11.5 Å². The molecular weight excluding hydrogens is 595 g/mol. The van der Waals surface area contributed by atoms with Crippen molar-refractivity contribution in [1.29, 1.82) is 0 Å². The van der Waals surface area contributed by atoms with E-state index in [9.17, 15) is 4.79 Å². The molecule has 1 spiro atoms. The first-order valence-electron chi connectivity index (χ1n) is 15.8. The third kappa shape index (κ3) is 4.89. The minimum absolute atomic E-state index is 0.165. The van der Waals surface area contributed by atoms with E-state index in [-0.39, 0.29) is 18.1 Å². The van der Waals surface area contributed by atoms with Crippen molar-refractivity contribution in [3.63, 3.8) is 0 Å². The Labute approximate surface area is 270 Å². The zero-order valence-electron chi connectivity index (χ0n) is 25.6. The number of piperidine rings is 1. The van der Waals surface area contributed by atoms with Gasteiger partial charge in [0, 0.05) is 28.3 Å². The average Bonchev–Trinajstić information content (AvgIpc) is 3.53. The topological polar surface area (TPSA) is 51.2 Å². The lowest BCUT2D eigenvalue weighted by Gasteiger charge is -2.51. The van der Waals surface area contributed by atoms with Crippen molar-refractivity contribution in [3.05, 3.63) is 87.4 Å². The number of benzene rings is 3. The molecule has 0 radical (unpaired) electrons. The van der Waals surface area contributed by atoms with Gasteiger partial charge in [-0.15, -0.1) is 0 Å². The Morgan fingerprint density at radius 1 is 0.932 bits per heavy atom. The number of rotatable bonds is 7. The summed E-state index contributed by atoms with van der Waals surface area (Å²) in [6.45, 7) is 5.30. The molecule has 6 nitrogen and oxygen atoms in total. The highest BCUT2D eigenvalue weighted by molar-refractivity contribution is 6.31. The van der Waals surface area contributed by atoms with Crippen molar-refractivity contribution in [1.82, 2.24) is 4.90 Å². The van der Waals surface area contributed by atoms with Gasteiger partial charge in [0.15, 0.2) is 0 Å². The number of para-hydroxylation sites is 1. The molecule has 1 amide bonds. The third-order valence-corrected chi connectivity index (χ3v) is 11.8. The number of ether oxygens (including phenoxy) is 3. The first kappa shape index (κ1) is 29.9. The maximum absolute atomic E-state index is 14.7. The largest absolute Gasteiger partial charge is 0.497 e. The van der Waals surface area contributed by atoms with Gasteiger partial charge in [-0.05, 0) is 97.0 Å². The van der Waals surface area contributed by atoms with Crippen LogP contribution in [0.3, 0.4) is 0 Å². The van der Waals surface area contributed by atoms with E-state index in [0.29, 0.717) is 46.7 Å². The van der Waals surface area contributed by atoms with Gasteiger partial charge in [-0.2, -0.15) is 0 Å². The summed E-state index contributed by atoms with van der Waals surface area (Å²) in [6, 6.07) is 20.1. The van der Waals surface area contributed by atoms with Crippen LogP contribution in [0.25, 0.3) is 0 Å². The molecule has 0 aromatic heterocycles. The maximum atomic E-state index is 14.7. The van der Waals surface area contributed by atoms with Crippen molar-refractivity contribution in [2.75, 3.05) is 32.2 Å². The molecule has 1 saturated carbocycles. The van der Waals surface area contributed by atoms with Crippen molar-refractivity contribution < 1.29 is 19.0 Å². The molecule has 3 aromatic carbocycles. The Morgan fingerprint density at radius 2 is 1.64 bits per heavy atom. The molecule has 3 aromatic rings. The fourth-order valence-electron chi connectivity index (χ4n) is 8.71. The van der Waals surface area contributed by atoms with Gasteiger partial charge in [0.25, 0.3) is 0 Å². The molecule has 0 bridgehead atoms. The third-order valence-electron chi connectivity index (χ3n) is 11.1. The van der Waals surface area contributed by atoms with Gasteiger partial charge in [-0.3, -0.25) is 9.69 Å². The predicted molar refractivity (Wildman–Crippen MR) is 174 cm³/mol. The summed E-state index contributed by atoms with van der Waals surface area (Å²) >= 11 is 13.2. The Morgan fingerprint density at radius 3 is 2.34 bits per heavy atom. The second kappa shape index (κ2) is 11.9. The van der Waals surface area contributed by atoms with Crippen LogP contribution < -0.4 is 14.4 Å². The van der Waals surface area contributed by atoms with E-state index in [0.717, 1.165) is 61.3 Å². The van der Waals surface area contributed by atoms with Crippen LogP contribution in [0.2, 0.25) is 10.0 Å². The summed E-state index contributed by atoms with van der Waals surface area (Å²) in [5, 5.41) is 1.29. The van der Waals surface area contributed by atoms with Gasteiger partial charge < -0.3 is 19.1 Å². The van der Waals surface area contributed by atoms with Crippen LogP contribution in [0.5, 0.6) is 11.5 Å². The van der Waals surface area contributed by atoms with Crippen molar-refractivity contribution in [2.45, 2.75) is 63.3 Å². The summed E-state index contributed by atoms with van der Waals surface area (Å²) in [7, 11) is 3.28. The Hall–Kier alpha value is -2.77. The number of hydrogen-bond acceptors (Lipinski definition) is 5. The van der Waals surface area contributed by atoms with Gasteiger partial charge in [0.2, 0.25) is 5.91 Å². The second-order valence-corrected chi connectivity index (χ2v) is 13.8. The quantitative estimate of drug-likeness (QED) is 0.269. The van der Waals surface area contributed by atoms with Crippen LogP contribution in [0.4, 0.5) is 5.69 Å². The van der Waals surface area contributed by atoms with Crippen LogP contribution in [0.1, 0.15) is 49.3 Å². The van der Waals surface area contributed by atoms with Crippen LogP contribution >= 0.6 is 23.2 Å². The molecule has 8 heteroatoms. The number of carbonyl (C=O) groups is 1. The molecule has 7 rings (SSSR count). The monoisotopic (exact) mass is 634 g/mol. The molecule has 6 atom stereocenters. The van der Waals surface area contributed by atoms with Crippen LogP contribution in [-0.4, -0.2) is 50.3 Å². The van der Waals surface area contributed by atoms with Gasteiger partial charge in [0.05, 0.1) is 38.9 Å². The zero-order valence-corrected chi connectivity index (χ0v) is 27.1. The first-order chi connectivity index (χ1) is 21.3. The minimum Gasteiger partial charge on any atom is -0.497 e. The fourth-order valence-corrected chi connectivity index (χ4v) is 9.16. The molecule has 1 aliphatic carbocycles. The van der Waals surface area contributed by atoms with Gasteiger partial charge in [-0.1, -0.05) is 60.5 Å². The summed E-state index contributed by atoms with van der Waals surface area (Å²) in [5.41, 5.74) is 3.55. The second-order valence-electron chi connectivity index (χ2n) is 13.0. The van der Waals surface area contributed by atoms with E-state index >= 15 is 0 Å². The van der Waals surface area contributed by atoms with E-state index in [1.165, 1.54) is 5.56 Å². The zero-order chi connectivity index (χ0) is 30.6. The highest BCUT2D eigenvalue weighted by Crippen LogP contribution is 2.56. The van der Waals surface area contributed by atoms with E-state index in [1.807, 2.05) is 47.4 Å². The van der Waals surface area contributed by atoms with Crippen LogP contribution in [0, 0.1) is 17.8 Å². The minimum atomic E-state index is -0.537. The normalized spacial score (nSPS) is 29.4. The van der Waals surface area contributed by atoms with E-state index in [2.05, 4.69) is 30.0 Å². The summed E-state index contributed by atoms with van der Waals surface area (Å²) in [6.07, 6.45) is 4.23. The molecule has 44 heavy (non-hydrogen) atoms. The molecule has 4 aliphatic rings. The molecule has 0 N–H and O–H groups in total. The number of fused-ring (bicyclic) bond motifs is 5. The van der Waals surface area contributed by atoms with E-state index in [1.54, 1.807) is 14.2 Å². The highest BCUT2D eigenvalue weighted by Gasteiger charge is 2.62. The van der Waals surface area contributed by atoms with E-state index < -0.39 is 5.41 Å². The molecule has 0 unspecified atom stereocenters. The molecule has 3 aliphatic heterocycles. The molecule has 232 valence electrons. The number of carbonyl (C=O) groups excluding carboxylic acids is 1. The van der Waals surface area contributed by atoms with Crippen molar-refractivity contribution in [2.24, 2.45) is 17.8 Å². The van der Waals surface area contributed by atoms with Gasteiger partial charge >= 0.3 is 0 Å². The smallest absolute Gasteiger partial charge is 0.239 e. The lowest BCUT2D eigenvalue weighted by atomic mass is 9.62. The lowest BCUT2D eigenvalue weighted by Crippen LogP contribution is -2.57. The van der Waals surface area contributed by atoms with E-state index in [4.69, 9.17) is 37.4 Å².